The van der Waals surface area contributed by atoms with E-state index in [4.69, 9.17) is 0 Å². The summed E-state index contributed by atoms with van der Waals surface area (Å²) in [6.07, 6.45) is 4.51. The largest absolute Gasteiger partial charge is 0.355 e. The molecule has 0 N–H and O–H groups in total. The predicted octanol–water partition coefficient (Wildman–Crippen LogP) is 2.55. The van der Waals surface area contributed by atoms with Crippen LogP contribution in [-0.4, -0.2) is 5.97 Å². The summed E-state index contributed by atoms with van der Waals surface area (Å²) in [7, 11) is 0. The summed E-state index contributed by atoms with van der Waals surface area (Å²) in [6, 6.07) is 0. The molecule has 0 amide bonds. The van der Waals surface area contributed by atoms with Gasteiger partial charge in [-0.05, 0) is 12.3 Å². The molecule has 0 bridgehead atoms. The van der Waals surface area contributed by atoms with Crippen LogP contribution in [0, 0.1) is 5.92 Å². The molecule has 0 rings (SSSR count). The molecule has 11 heavy (non-hydrogen) atoms. The first-order valence-electron chi connectivity index (χ1n) is 4.36. The van der Waals surface area contributed by atoms with Gasteiger partial charge in [-0.3, -0.25) is 0 Å². The third-order valence-electron chi connectivity index (χ3n) is 1.89. The van der Waals surface area contributed by atoms with Gasteiger partial charge in [0, 0.05) is 0 Å². The molecule has 1 radical (unpaired) electrons. The van der Waals surface area contributed by atoms with E-state index in [1.165, 1.54) is 12.8 Å². The minimum absolute atomic E-state index is 0.213. The summed E-state index contributed by atoms with van der Waals surface area (Å²) in [5.41, 5.74) is 0. The van der Waals surface area contributed by atoms with Crippen LogP contribution < -0.4 is 0 Å². The van der Waals surface area contributed by atoms with Gasteiger partial charge >= 0.3 is 5.97 Å². The molecule has 0 spiro atoms. The highest BCUT2D eigenvalue weighted by Crippen LogP contribution is 2.13. The molecule has 0 aromatic carbocycles. The van der Waals surface area contributed by atoms with Gasteiger partial charge in [-0.2, -0.15) is 0 Å². The Morgan fingerprint density at radius 1 is 1.36 bits per heavy atom. The molecule has 2 nitrogen and oxygen atoms in total. The normalized spacial score (nSPS) is 12.9. The van der Waals surface area contributed by atoms with Gasteiger partial charge in [0.2, 0.25) is 0 Å². The van der Waals surface area contributed by atoms with E-state index in [0.717, 1.165) is 12.8 Å². The number of hydrogen-bond acceptors (Lipinski definition) is 1. The van der Waals surface area contributed by atoms with Gasteiger partial charge in [0.05, 0.1) is 6.42 Å². The van der Waals surface area contributed by atoms with Crippen molar-refractivity contribution >= 4 is 5.97 Å². The van der Waals surface area contributed by atoms with Crippen molar-refractivity contribution in [2.75, 3.05) is 0 Å². The summed E-state index contributed by atoms with van der Waals surface area (Å²) >= 11 is 0. The van der Waals surface area contributed by atoms with Crippen molar-refractivity contribution in [3.05, 3.63) is 0 Å². The van der Waals surface area contributed by atoms with Crippen molar-refractivity contribution in [3.63, 3.8) is 0 Å². The Labute approximate surface area is 68.6 Å². The third kappa shape index (κ3) is 7.37. The van der Waals surface area contributed by atoms with Crippen LogP contribution in [0.4, 0.5) is 0 Å². The first kappa shape index (κ1) is 10.5. The van der Waals surface area contributed by atoms with Gasteiger partial charge < -0.3 is 0 Å². The van der Waals surface area contributed by atoms with Crippen molar-refractivity contribution in [1.29, 1.82) is 0 Å². The maximum absolute atomic E-state index is 10.1. The van der Waals surface area contributed by atoms with E-state index in [-0.39, 0.29) is 6.42 Å². The lowest BCUT2D eigenvalue weighted by Gasteiger charge is -2.06. The lowest BCUT2D eigenvalue weighted by atomic mass is 9.99. The van der Waals surface area contributed by atoms with Gasteiger partial charge in [0.15, 0.2) is 0 Å². The number of carbonyl (C=O) groups excluding carboxylic acids is 1. The molecule has 1 atom stereocenters. The zero-order chi connectivity index (χ0) is 8.69. The van der Waals surface area contributed by atoms with Gasteiger partial charge in [-0.1, -0.05) is 33.1 Å². The Bertz CT molecular complexity index is 110. The van der Waals surface area contributed by atoms with Crippen molar-refractivity contribution in [1.82, 2.24) is 0 Å². The molecule has 0 aliphatic heterocycles. The lowest BCUT2D eigenvalue weighted by molar-refractivity contribution is -0.143. The van der Waals surface area contributed by atoms with E-state index in [1.54, 1.807) is 0 Å². The quantitative estimate of drug-likeness (QED) is 0.583. The molecule has 65 valence electrons. The van der Waals surface area contributed by atoms with Crippen molar-refractivity contribution in [2.24, 2.45) is 5.92 Å². The van der Waals surface area contributed by atoms with E-state index >= 15 is 0 Å². The van der Waals surface area contributed by atoms with Crippen LogP contribution >= 0.6 is 0 Å². The van der Waals surface area contributed by atoms with Crippen LogP contribution in [0.25, 0.3) is 0 Å². The molecular weight excluding hydrogens is 140 g/mol. The van der Waals surface area contributed by atoms with E-state index in [2.05, 4.69) is 13.8 Å². The maximum Gasteiger partial charge on any atom is 0.355 e. The summed E-state index contributed by atoms with van der Waals surface area (Å²) in [5.74, 6) is -0.388. The summed E-state index contributed by atoms with van der Waals surface area (Å²) in [6.45, 7) is 4.24. The average Bonchev–Trinajstić information content (AvgIpc) is 1.97. The fourth-order valence-corrected chi connectivity index (χ4v) is 1.06. The van der Waals surface area contributed by atoms with Gasteiger partial charge in [0.1, 0.15) is 0 Å². The van der Waals surface area contributed by atoms with Gasteiger partial charge in [-0.25, -0.2) is 9.90 Å². The molecule has 1 unspecified atom stereocenters. The second kappa shape index (κ2) is 6.20. The molecule has 0 fully saturated rings. The Kier molecular flexibility index (Phi) is 5.90. The van der Waals surface area contributed by atoms with Crippen molar-refractivity contribution < 1.29 is 9.90 Å². The van der Waals surface area contributed by atoms with Crippen LogP contribution in [0.5, 0.6) is 0 Å². The fraction of sp³-hybridized carbons (Fsp3) is 0.889. The van der Waals surface area contributed by atoms with E-state index < -0.39 is 5.97 Å². The second-order valence-corrected chi connectivity index (χ2v) is 3.16. The lowest BCUT2D eigenvalue weighted by Crippen LogP contribution is -1.99. The third-order valence-corrected chi connectivity index (χ3v) is 1.89. The zero-order valence-electron chi connectivity index (χ0n) is 7.43. The SMILES string of the molecule is CCCCC(C)CCC([O])=O. The highest BCUT2D eigenvalue weighted by atomic mass is 16.4. The van der Waals surface area contributed by atoms with Crippen LogP contribution in [0.15, 0.2) is 0 Å². The second-order valence-electron chi connectivity index (χ2n) is 3.16. The number of carbonyl (C=O) groups is 1. The molecule has 0 aromatic rings. The molecule has 0 saturated carbocycles. The number of hydrogen-bond donors (Lipinski definition) is 0. The highest BCUT2D eigenvalue weighted by molar-refractivity contribution is 5.66. The minimum atomic E-state index is -0.923. The van der Waals surface area contributed by atoms with Gasteiger partial charge in [0.25, 0.3) is 0 Å². The van der Waals surface area contributed by atoms with E-state index in [9.17, 15) is 9.90 Å². The molecule has 0 aliphatic rings. The van der Waals surface area contributed by atoms with E-state index in [0.29, 0.717) is 5.92 Å². The first-order valence-corrected chi connectivity index (χ1v) is 4.36. The molecule has 0 heterocycles. The van der Waals surface area contributed by atoms with E-state index in [1.807, 2.05) is 0 Å². The molecular formula is C9H17O2. The topological polar surface area (TPSA) is 37.0 Å². The smallest absolute Gasteiger partial charge is 0.247 e. The first-order chi connectivity index (χ1) is 5.16. The molecule has 0 aromatic heterocycles. The van der Waals surface area contributed by atoms with Crippen LogP contribution in [-0.2, 0) is 9.90 Å². The predicted molar refractivity (Wildman–Crippen MR) is 43.6 cm³/mol. The van der Waals surface area contributed by atoms with Crippen LogP contribution in [0.2, 0.25) is 0 Å². The Morgan fingerprint density at radius 2 is 2.00 bits per heavy atom. The molecule has 2 heteroatoms. The average molecular weight is 157 g/mol. The fourth-order valence-electron chi connectivity index (χ4n) is 1.06. The minimum Gasteiger partial charge on any atom is -0.247 e. The Balaban J connectivity index is 3.22. The highest BCUT2D eigenvalue weighted by Gasteiger charge is 2.05. The molecule has 0 saturated heterocycles. The van der Waals surface area contributed by atoms with Crippen molar-refractivity contribution in [2.45, 2.75) is 46.0 Å². The summed E-state index contributed by atoms with van der Waals surface area (Å²) in [5, 5.41) is 10.1. The summed E-state index contributed by atoms with van der Waals surface area (Å²) in [4.78, 5) is 10.1. The van der Waals surface area contributed by atoms with Crippen LogP contribution in [0.3, 0.4) is 0 Å². The number of unbranched alkanes of at least 4 members (excludes halogenated alkanes) is 1. The maximum atomic E-state index is 10.1. The standard InChI is InChI=1S/C9H17O2/c1-3-4-5-8(2)6-7-9(10)11/h8H,3-7H2,1-2H3. The number of rotatable bonds is 6. The Morgan fingerprint density at radius 3 is 2.45 bits per heavy atom. The summed E-state index contributed by atoms with van der Waals surface area (Å²) < 4.78 is 0. The van der Waals surface area contributed by atoms with Crippen LogP contribution in [0.1, 0.15) is 46.0 Å². The van der Waals surface area contributed by atoms with Crippen molar-refractivity contribution in [3.8, 4) is 0 Å². The molecule has 0 aliphatic carbocycles. The Hall–Kier alpha value is -0.530. The van der Waals surface area contributed by atoms with Gasteiger partial charge in [-0.15, -0.1) is 0 Å². The zero-order valence-corrected chi connectivity index (χ0v) is 7.43. The monoisotopic (exact) mass is 157 g/mol.